The van der Waals surface area contributed by atoms with Gasteiger partial charge in [-0.25, -0.2) is 0 Å². The molecule has 0 aromatic heterocycles. The van der Waals surface area contributed by atoms with E-state index in [1.165, 1.54) is 36.0 Å². The van der Waals surface area contributed by atoms with Gasteiger partial charge in [-0.05, 0) is 62.2 Å². The smallest absolute Gasteiger partial charge is 0.146 e. The van der Waals surface area contributed by atoms with E-state index < -0.39 is 0 Å². The lowest BCUT2D eigenvalue weighted by molar-refractivity contribution is -0.104. The first kappa shape index (κ1) is 12.2. The van der Waals surface area contributed by atoms with Crippen LogP contribution in [0.5, 0.6) is 0 Å². The zero-order valence-corrected chi connectivity index (χ0v) is 10.6. The van der Waals surface area contributed by atoms with Gasteiger partial charge >= 0.3 is 0 Å². The summed E-state index contributed by atoms with van der Waals surface area (Å²) in [6.07, 6.45) is 4.65. The van der Waals surface area contributed by atoms with Crippen LogP contribution < -0.4 is 0 Å². The van der Waals surface area contributed by atoms with Gasteiger partial charge in [-0.1, -0.05) is 19.4 Å². The fourth-order valence-electron chi connectivity index (χ4n) is 2.74. The number of allylic oxidation sites excluding steroid dienone is 4. The lowest BCUT2D eigenvalue weighted by atomic mass is 9.69. The molecule has 1 nitrogen and oxygen atoms in total. The fraction of sp³-hybridized carbons (Fsp3) is 0.643. The van der Waals surface area contributed by atoms with E-state index in [0.717, 1.165) is 11.9 Å². The molecule has 0 radical (unpaired) electrons. The van der Waals surface area contributed by atoms with Crippen molar-refractivity contribution in [3.8, 4) is 0 Å². The van der Waals surface area contributed by atoms with Crippen molar-refractivity contribution >= 4 is 6.29 Å². The number of hydrogen-bond acceptors (Lipinski definition) is 1. The highest BCUT2D eigenvalue weighted by Gasteiger charge is 2.29. The van der Waals surface area contributed by atoms with Crippen LogP contribution in [0.15, 0.2) is 22.3 Å². The van der Waals surface area contributed by atoms with Crippen molar-refractivity contribution in [3.63, 3.8) is 0 Å². The lowest BCUT2D eigenvalue weighted by Crippen LogP contribution is -2.21. The molecule has 0 aliphatic heterocycles. The van der Waals surface area contributed by atoms with Gasteiger partial charge in [-0.3, -0.25) is 4.79 Å². The summed E-state index contributed by atoms with van der Waals surface area (Å²) in [6, 6.07) is 0. The van der Waals surface area contributed by atoms with Crippen molar-refractivity contribution in [1.29, 1.82) is 0 Å². The molecule has 0 unspecified atom stereocenters. The molecule has 0 spiro atoms. The molecule has 0 N–H and O–H groups in total. The maximum absolute atomic E-state index is 10.8. The summed E-state index contributed by atoms with van der Waals surface area (Å²) in [6.45, 7) is 10.8. The molecule has 0 aromatic rings. The Labute approximate surface area is 93.3 Å². The molecule has 0 aromatic carbocycles. The van der Waals surface area contributed by atoms with Gasteiger partial charge in [0.1, 0.15) is 6.29 Å². The second kappa shape index (κ2) is 4.34. The summed E-state index contributed by atoms with van der Waals surface area (Å²) in [5.41, 5.74) is 5.17. The maximum Gasteiger partial charge on any atom is 0.146 e. The Kier molecular flexibility index (Phi) is 3.54. The second-order valence-corrected chi connectivity index (χ2v) is 5.32. The van der Waals surface area contributed by atoms with Gasteiger partial charge in [-0.15, -0.1) is 0 Å². The van der Waals surface area contributed by atoms with E-state index in [4.69, 9.17) is 0 Å². The molecule has 0 saturated carbocycles. The van der Waals surface area contributed by atoms with Crippen LogP contribution in [-0.4, -0.2) is 6.29 Å². The van der Waals surface area contributed by atoms with Gasteiger partial charge in [-0.2, -0.15) is 0 Å². The lowest BCUT2D eigenvalue weighted by Gasteiger charge is -2.35. The van der Waals surface area contributed by atoms with Gasteiger partial charge in [0.15, 0.2) is 0 Å². The zero-order valence-electron chi connectivity index (χ0n) is 10.6. The average Bonchev–Trinajstić information content (AvgIpc) is 2.14. The van der Waals surface area contributed by atoms with E-state index >= 15 is 0 Å². The van der Waals surface area contributed by atoms with Gasteiger partial charge in [0.2, 0.25) is 0 Å². The molecule has 15 heavy (non-hydrogen) atoms. The van der Waals surface area contributed by atoms with Crippen molar-refractivity contribution in [1.82, 2.24) is 0 Å². The Morgan fingerprint density at radius 3 is 2.40 bits per heavy atom. The van der Waals surface area contributed by atoms with Crippen molar-refractivity contribution in [3.05, 3.63) is 22.3 Å². The van der Waals surface area contributed by atoms with Crippen LogP contribution in [0.1, 0.15) is 53.9 Å². The molecule has 0 saturated heterocycles. The quantitative estimate of drug-likeness (QED) is 0.492. The molecule has 1 aliphatic carbocycles. The molecule has 0 fully saturated rings. The fourth-order valence-corrected chi connectivity index (χ4v) is 2.74. The minimum Gasteiger partial charge on any atom is -0.298 e. The molecule has 1 aliphatic rings. The van der Waals surface area contributed by atoms with Crippen LogP contribution in [-0.2, 0) is 4.79 Å². The van der Waals surface area contributed by atoms with E-state index in [1.54, 1.807) is 0 Å². The van der Waals surface area contributed by atoms with Crippen LogP contribution in [0, 0.1) is 5.41 Å². The van der Waals surface area contributed by atoms with Gasteiger partial charge in [0.05, 0.1) is 0 Å². The summed E-state index contributed by atoms with van der Waals surface area (Å²) in [5, 5.41) is 0. The van der Waals surface area contributed by atoms with Crippen LogP contribution >= 0.6 is 0 Å². The third kappa shape index (κ3) is 2.39. The highest BCUT2D eigenvalue weighted by Crippen LogP contribution is 2.44. The SMILES string of the molecule is CC(C=O)=C(C)C1=C(C)CCCC1(C)C. The van der Waals surface area contributed by atoms with E-state index in [-0.39, 0.29) is 5.41 Å². The Morgan fingerprint density at radius 1 is 1.33 bits per heavy atom. The van der Waals surface area contributed by atoms with Crippen LogP contribution in [0.4, 0.5) is 0 Å². The van der Waals surface area contributed by atoms with Crippen molar-refractivity contribution in [2.24, 2.45) is 5.41 Å². The Morgan fingerprint density at radius 2 is 1.93 bits per heavy atom. The molecular formula is C14H22O. The van der Waals surface area contributed by atoms with Crippen LogP contribution in [0.2, 0.25) is 0 Å². The topological polar surface area (TPSA) is 17.1 Å². The Balaban J connectivity index is 3.26. The minimum absolute atomic E-state index is 0.233. The van der Waals surface area contributed by atoms with Crippen molar-refractivity contribution < 1.29 is 4.79 Å². The number of carbonyl (C=O) groups is 1. The number of aldehydes is 1. The first-order chi connectivity index (χ1) is 6.90. The third-order valence-corrected chi connectivity index (χ3v) is 3.60. The third-order valence-electron chi connectivity index (χ3n) is 3.60. The van der Waals surface area contributed by atoms with Crippen molar-refractivity contribution in [2.75, 3.05) is 0 Å². The van der Waals surface area contributed by atoms with E-state index in [9.17, 15) is 4.79 Å². The molecule has 1 heteroatoms. The number of hydrogen-bond donors (Lipinski definition) is 0. The van der Waals surface area contributed by atoms with Crippen LogP contribution in [0.25, 0.3) is 0 Å². The predicted molar refractivity (Wildman–Crippen MR) is 64.8 cm³/mol. The maximum atomic E-state index is 10.8. The minimum atomic E-state index is 0.233. The van der Waals surface area contributed by atoms with E-state index in [0.29, 0.717) is 0 Å². The first-order valence-electron chi connectivity index (χ1n) is 5.73. The van der Waals surface area contributed by atoms with E-state index in [2.05, 4.69) is 27.7 Å². The zero-order chi connectivity index (χ0) is 11.6. The first-order valence-corrected chi connectivity index (χ1v) is 5.73. The molecular weight excluding hydrogens is 184 g/mol. The summed E-state index contributed by atoms with van der Waals surface area (Å²) in [4.78, 5) is 10.8. The predicted octanol–water partition coefficient (Wildman–Crippen LogP) is 4.05. The molecule has 0 atom stereocenters. The normalized spacial score (nSPS) is 22.5. The monoisotopic (exact) mass is 206 g/mol. The summed E-state index contributed by atoms with van der Waals surface area (Å²) in [7, 11) is 0. The van der Waals surface area contributed by atoms with Crippen molar-refractivity contribution in [2.45, 2.75) is 53.9 Å². The van der Waals surface area contributed by atoms with E-state index in [1.807, 2.05) is 6.92 Å². The number of carbonyl (C=O) groups excluding carboxylic acids is 1. The van der Waals surface area contributed by atoms with Gasteiger partial charge in [0, 0.05) is 0 Å². The Hall–Kier alpha value is -0.850. The largest absolute Gasteiger partial charge is 0.298 e. The average molecular weight is 206 g/mol. The Bertz CT molecular complexity index is 329. The molecule has 0 bridgehead atoms. The molecule has 0 amide bonds. The molecule has 84 valence electrons. The summed E-state index contributed by atoms with van der Waals surface area (Å²) >= 11 is 0. The molecule has 0 heterocycles. The van der Waals surface area contributed by atoms with Gasteiger partial charge < -0.3 is 0 Å². The standard InChI is InChI=1S/C14H22O/c1-10-7-6-8-14(4,5)13(10)12(3)11(2)9-15/h9H,6-8H2,1-5H3. The van der Waals surface area contributed by atoms with Gasteiger partial charge in [0.25, 0.3) is 0 Å². The number of rotatable bonds is 2. The molecule has 1 rings (SSSR count). The summed E-state index contributed by atoms with van der Waals surface area (Å²) in [5.74, 6) is 0. The second-order valence-electron chi connectivity index (χ2n) is 5.32. The highest BCUT2D eigenvalue weighted by molar-refractivity contribution is 5.75. The summed E-state index contributed by atoms with van der Waals surface area (Å²) < 4.78 is 0. The van der Waals surface area contributed by atoms with Crippen LogP contribution in [0.3, 0.4) is 0 Å². The highest BCUT2D eigenvalue weighted by atomic mass is 16.1.